The van der Waals surface area contributed by atoms with Crippen LogP contribution in [0.2, 0.25) is 0 Å². The second-order valence-corrected chi connectivity index (χ2v) is 6.14. The van der Waals surface area contributed by atoms with Crippen molar-refractivity contribution in [1.82, 2.24) is 9.78 Å². The summed E-state index contributed by atoms with van der Waals surface area (Å²) in [6.07, 6.45) is 0.804. The second-order valence-electron chi connectivity index (χ2n) is 6.14. The predicted octanol–water partition coefficient (Wildman–Crippen LogP) is 2.64. The Morgan fingerprint density at radius 2 is 1.90 bits per heavy atom. The summed E-state index contributed by atoms with van der Waals surface area (Å²) < 4.78 is 1.94. The summed E-state index contributed by atoms with van der Waals surface area (Å²) in [5.41, 5.74) is 8.39. The number of hydrogen-bond acceptors (Lipinski definition) is 3. The third kappa shape index (κ3) is 3.82. The molecule has 1 amide bonds. The zero-order chi connectivity index (χ0) is 15.4. The van der Waals surface area contributed by atoms with Crippen molar-refractivity contribution >= 4 is 11.6 Å². The van der Waals surface area contributed by atoms with Crippen LogP contribution in [0.5, 0.6) is 0 Å². The smallest absolute Gasteiger partial charge is 0.228 e. The van der Waals surface area contributed by atoms with Crippen LogP contribution in [0.15, 0.2) is 0 Å². The van der Waals surface area contributed by atoms with Gasteiger partial charge in [-0.2, -0.15) is 5.10 Å². The van der Waals surface area contributed by atoms with Gasteiger partial charge < -0.3 is 11.1 Å². The molecule has 0 aliphatic heterocycles. The van der Waals surface area contributed by atoms with E-state index in [2.05, 4.69) is 38.1 Å². The third-order valence-electron chi connectivity index (χ3n) is 3.47. The largest absolute Gasteiger partial charge is 0.330 e. The summed E-state index contributed by atoms with van der Waals surface area (Å²) in [5.74, 6) is 0.307. The number of carbonyl (C=O) groups excluding carboxylic acids is 1. The lowest BCUT2D eigenvalue weighted by Gasteiger charge is -2.17. The van der Waals surface area contributed by atoms with E-state index in [9.17, 15) is 4.79 Å². The first-order valence-corrected chi connectivity index (χ1v) is 7.34. The highest BCUT2D eigenvalue weighted by molar-refractivity contribution is 5.93. The van der Waals surface area contributed by atoms with Gasteiger partial charge in [0.25, 0.3) is 0 Å². The molecule has 1 rings (SSSR count). The summed E-state index contributed by atoms with van der Waals surface area (Å²) in [7, 11) is 0. The van der Waals surface area contributed by atoms with E-state index in [1.807, 2.05) is 18.5 Å². The Morgan fingerprint density at radius 1 is 1.30 bits per heavy atom. The number of nitrogens with two attached hydrogens (primary N) is 1. The zero-order valence-corrected chi connectivity index (χ0v) is 13.5. The Labute approximate surface area is 121 Å². The van der Waals surface area contributed by atoms with Gasteiger partial charge in [-0.25, -0.2) is 0 Å². The fourth-order valence-electron chi connectivity index (χ4n) is 2.45. The molecule has 114 valence electrons. The molecule has 0 bridgehead atoms. The molecule has 0 saturated carbocycles. The maximum atomic E-state index is 12.3. The van der Waals surface area contributed by atoms with Gasteiger partial charge in [0.1, 0.15) is 0 Å². The molecule has 0 aliphatic carbocycles. The molecule has 1 aromatic heterocycles. The number of rotatable bonds is 6. The molecule has 0 fully saturated rings. The number of amides is 1. The van der Waals surface area contributed by atoms with Crippen molar-refractivity contribution in [2.75, 3.05) is 11.9 Å². The van der Waals surface area contributed by atoms with Crippen LogP contribution in [0.1, 0.15) is 51.5 Å². The van der Waals surface area contributed by atoms with Crippen molar-refractivity contribution in [3.05, 3.63) is 11.4 Å². The molecule has 0 saturated heterocycles. The Hall–Kier alpha value is -1.36. The zero-order valence-electron chi connectivity index (χ0n) is 13.5. The lowest BCUT2D eigenvalue weighted by Crippen LogP contribution is -2.30. The number of nitrogens with zero attached hydrogens (tertiary/aromatic N) is 2. The number of nitrogens with one attached hydrogen (secondary N) is 1. The third-order valence-corrected chi connectivity index (χ3v) is 3.47. The molecule has 1 heterocycles. The van der Waals surface area contributed by atoms with Gasteiger partial charge in [-0.05, 0) is 40.0 Å². The maximum absolute atomic E-state index is 12.3. The van der Waals surface area contributed by atoms with Crippen LogP contribution in [0.4, 0.5) is 5.69 Å². The number of aryl methyl sites for hydroxylation is 1. The summed E-state index contributed by atoms with van der Waals surface area (Å²) in [4.78, 5) is 12.3. The van der Waals surface area contributed by atoms with Gasteiger partial charge in [-0.3, -0.25) is 9.48 Å². The minimum Gasteiger partial charge on any atom is -0.330 e. The first-order chi connectivity index (χ1) is 9.27. The lowest BCUT2D eigenvalue weighted by atomic mass is 9.96. The summed E-state index contributed by atoms with van der Waals surface area (Å²) in [5, 5.41) is 7.49. The Morgan fingerprint density at radius 3 is 2.30 bits per heavy atom. The van der Waals surface area contributed by atoms with E-state index in [0.717, 1.165) is 23.5 Å². The minimum atomic E-state index is -0.142. The Balaban J connectivity index is 2.90. The van der Waals surface area contributed by atoms with Crippen LogP contribution in [-0.2, 0) is 4.79 Å². The molecule has 0 aromatic carbocycles. The summed E-state index contributed by atoms with van der Waals surface area (Å²) >= 11 is 0. The van der Waals surface area contributed by atoms with Gasteiger partial charge in [0.15, 0.2) is 0 Å². The van der Waals surface area contributed by atoms with Crippen LogP contribution in [0.25, 0.3) is 0 Å². The lowest BCUT2D eigenvalue weighted by molar-refractivity contribution is -0.120. The Bertz CT molecular complexity index is 463. The number of aromatic nitrogens is 2. The van der Waals surface area contributed by atoms with Gasteiger partial charge in [-0.1, -0.05) is 13.8 Å². The van der Waals surface area contributed by atoms with Gasteiger partial charge in [0.2, 0.25) is 5.91 Å². The van der Waals surface area contributed by atoms with E-state index in [0.29, 0.717) is 12.5 Å². The highest BCUT2D eigenvalue weighted by Crippen LogP contribution is 2.23. The van der Waals surface area contributed by atoms with E-state index in [-0.39, 0.29) is 17.9 Å². The van der Waals surface area contributed by atoms with E-state index in [1.54, 1.807) is 0 Å². The molecule has 1 aromatic rings. The Kier molecular flexibility index (Phi) is 5.74. The molecule has 0 spiro atoms. The monoisotopic (exact) mass is 280 g/mol. The van der Waals surface area contributed by atoms with E-state index in [4.69, 9.17) is 5.73 Å². The van der Waals surface area contributed by atoms with E-state index in [1.165, 1.54) is 0 Å². The van der Waals surface area contributed by atoms with Gasteiger partial charge in [-0.15, -0.1) is 0 Å². The molecule has 5 nitrogen and oxygen atoms in total. The van der Waals surface area contributed by atoms with Crippen molar-refractivity contribution in [1.29, 1.82) is 0 Å². The molecule has 3 N–H and O–H groups in total. The number of hydrogen-bond donors (Lipinski definition) is 2. The minimum absolute atomic E-state index is 0.00398. The normalized spacial score (nSPS) is 13.1. The topological polar surface area (TPSA) is 72.9 Å². The molecule has 0 aliphatic rings. The van der Waals surface area contributed by atoms with E-state index >= 15 is 0 Å². The predicted molar refractivity (Wildman–Crippen MR) is 82.7 cm³/mol. The molecule has 1 unspecified atom stereocenters. The molecular weight excluding hydrogens is 252 g/mol. The second kappa shape index (κ2) is 6.88. The first-order valence-electron chi connectivity index (χ1n) is 7.34. The van der Waals surface area contributed by atoms with Crippen molar-refractivity contribution in [2.45, 2.75) is 54.0 Å². The van der Waals surface area contributed by atoms with Crippen LogP contribution in [0.3, 0.4) is 0 Å². The van der Waals surface area contributed by atoms with Crippen LogP contribution >= 0.6 is 0 Å². The van der Waals surface area contributed by atoms with Crippen molar-refractivity contribution in [3.8, 4) is 0 Å². The molecular formula is C15H28N4O. The average molecular weight is 280 g/mol. The van der Waals surface area contributed by atoms with Crippen molar-refractivity contribution < 1.29 is 4.79 Å². The molecule has 5 heteroatoms. The van der Waals surface area contributed by atoms with Crippen LogP contribution in [0, 0.1) is 25.7 Å². The number of anilines is 1. The van der Waals surface area contributed by atoms with Gasteiger partial charge >= 0.3 is 0 Å². The molecule has 1 atom stereocenters. The van der Waals surface area contributed by atoms with Crippen molar-refractivity contribution in [3.63, 3.8) is 0 Å². The van der Waals surface area contributed by atoms with Gasteiger partial charge in [0, 0.05) is 12.6 Å². The fraction of sp³-hybridized carbons (Fsp3) is 0.733. The van der Waals surface area contributed by atoms with Gasteiger partial charge in [0.05, 0.1) is 23.0 Å². The van der Waals surface area contributed by atoms with Crippen molar-refractivity contribution in [2.24, 2.45) is 17.6 Å². The summed E-state index contributed by atoms with van der Waals surface area (Å²) in [6, 6.07) is 0.278. The van der Waals surface area contributed by atoms with E-state index < -0.39 is 0 Å². The number of carbonyl (C=O) groups is 1. The average Bonchev–Trinajstić information content (AvgIpc) is 2.63. The maximum Gasteiger partial charge on any atom is 0.228 e. The quantitative estimate of drug-likeness (QED) is 0.841. The SMILES string of the molecule is Cc1nn(C(C)C)c(C)c1NC(=O)C(CN)CC(C)C. The molecule has 0 radical (unpaired) electrons. The fourth-order valence-corrected chi connectivity index (χ4v) is 2.45. The highest BCUT2D eigenvalue weighted by Gasteiger charge is 2.21. The van der Waals surface area contributed by atoms with Crippen LogP contribution < -0.4 is 11.1 Å². The highest BCUT2D eigenvalue weighted by atomic mass is 16.1. The van der Waals surface area contributed by atoms with Crippen LogP contribution in [-0.4, -0.2) is 22.2 Å². The first kappa shape index (κ1) is 16.7. The molecule has 20 heavy (non-hydrogen) atoms. The summed E-state index contributed by atoms with van der Waals surface area (Å²) in [6.45, 7) is 12.6. The standard InChI is InChI=1S/C15H28N4O/c1-9(2)7-13(8-16)15(20)17-14-11(5)18-19(10(3)4)12(14)6/h9-10,13H,7-8,16H2,1-6H3,(H,17,20).